The number of nitro groups is 1. The number of anilines is 1. The molecule has 0 bridgehead atoms. The molecule has 0 spiro atoms. The molecule has 1 aliphatic heterocycles. The number of piperidine rings is 1. The van der Waals surface area contributed by atoms with E-state index in [4.69, 9.17) is 4.74 Å². The monoisotopic (exact) mass is 466 g/mol. The first-order chi connectivity index (χ1) is 14.6. The highest BCUT2D eigenvalue weighted by Gasteiger charge is 2.40. The molecule has 32 heavy (non-hydrogen) atoms. The Morgan fingerprint density at radius 2 is 2.00 bits per heavy atom. The number of rotatable bonds is 6. The smallest absolute Gasteiger partial charge is 0.407 e. The van der Waals surface area contributed by atoms with Gasteiger partial charge in [-0.05, 0) is 63.2 Å². The lowest BCUT2D eigenvalue weighted by Gasteiger charge is -2.41. The second-order valence-corrected chi connectivity index (χ2v) is 15.6. The second-order valence-electron chi connectivity index (χ2n) is 11.0. The van der Waals surface area contributed by atoms with Crippen molar-refractivity contribution in [3.8, 4) is 0 Å². The lowest BCUT2D eigenvalue weighted by atomic mass is 9.91. The van der Waals surface area contributed by atoms with Crippen LogP contribution < -0.4 is 10.2 Å². The van der Waals surface area contributed by atoms with Gasteiger partial charge in [-0.2, -0.15) is 0 Å². The van der Waals surface area contributed by atoms with E-state index in [0.29, 0.717) is 18.8 Å². The van der Waals surface area contributed by atoms with Crippen molar-refractivity contribution in [3.63, 3.8) is 0 Å². The number of ether oxygens (including phenoxy) is 1. The number of aromatic nitrogens is 1. The van der Waals surface area contributed by atoms with Gasteiger partial charge < -0.3 is 19.7 Å². The van der Waals surface area contributed by atoms with Gasteiger partial charge in [0.2, 0.25) is 0 Å². The molecule has 1 fully saturated rings. The van der Waals surface area contributed by atoms with Crippen LogP contribution in [0.3, 0.4) is 0 Å². The summed E-state index contributed by atoms with van der Waals surface area (Å²) in [5, 5.41) is 14.4. The summed E-state index contributed by atoms with van der Waals surface area (Å²) < 4.78 is 5.42. The molecular formula is C22H38N4O5Si. The molecule has 0 saturated carbocycles. The molecule has 0 aliphatic carbocycles. The molecule has 9 nitrogen and oxygen atoms in total. The molecule has 0 radical (unpaired) electrons. The quantitative estimate of drug-likeness (QED) is 0.361. The summed E-state index contributed by atoms with van der Waals surface area (Å²) in [5.74, 6) is 0.165. The predicted octanol–water partition coefficient (Wildman–Crippen LogP) is 4.47. The van der Waals surface area contributed by atoms with Crippen LogP contribution in [0.4, 0.5) is 16.2 Å². The van der Waals surface area contributed by atoms with Crippen molar-refractivity contribution in [2.45, 2.75) is 83.7 Å². The Hall–Kier alpha value is -2.20. The third kappa shape index (κ3) is 7.16. The zero-order valence-corrected chi connectivity index (χ0v) is 21.3. The number of nitrogens with one attached hydrogen (secondary N) is 1. The number of alkyl carbamates (subject to hydrolysis) is 1. The predicted molar refractivity (Wildman–Crippen MR) is 127 cm³/mol. The number of nitrogens with zero attached hydrogens (tertiary/aromatic N) is 3. The fourth-order valence-corrected chi connectivity index (χ4v) is 5.56. The van der Waals surface area contributed by atoms with Crippen LogP contribution in [0.25, 0.3) is 0 Å². The highest BCUT2D eigenvalue weighted by Crippen LogP contribution is 2.39. The summed E-state index contributed by atoms with van der Waals surface area (Å²) >= 11 is 0. The molecule has 10 heteroatoms. The van der Waals surface area contributed by atoms with Gasteiger partial charge in [0.05, 0.1) is 11.0 Å². The number of hydrogen-bond donors (Lipinski definition) is 2. The number of carbonyl (C=O) groups excluding carboxylic acids is 1. The van der Waals surface area contributed by atoms with Gasteiger partial charge in [-0.3, -0.25) is 15.1 Å². The SMILES string of the molecule is CC(C)(C)OC(=O)NC1C[C@@H](CC[Si](C)(O)C(C)(C)C)CN(c2ccncc2[N+](=O)[O-])C1. The number of pyridine rings is 1. The van der Waals surface area contributed by atoms with Crippen molar-refractivity contribution in [2.24, 2.45) is 5.92 Å². The Kier molecular flexibility index (Phi) is 7.93. The number of amides is 1. The molecule has 2 N–H and O–H groups in total. The minimum absolute atomic E-state index is 0.0553. The normalized spacial score (nSPS) is 21.6. The summed E-state index contributed by atoms with van der Waals surface area (Å²) in [7, 11) is -2.45. The van der Waals surface area contributed by atoms with E-state index in [2.05, 4.69) is 31.1 Å². The summed E-state index contributed by atoms with van der Waals surface area (Å²) in [6, 6.07) is 2.15. The van der Waals surface area contributed by atoms with Gasteiger partial charge in [0.1, 0.15) is 17.5 Å². The summed E-state index contributed by atoms with van der Waals surface area (Å²) in [5.41, 5.74) is -0.176. The van der Waals surface area contributed by atoms with Gasteiger partial charge in [0.15, 0.2) is 8.32 Å². The maximum absolute atomic E-state index is 12.4. The fraction of sp³-hybridized carbons (Fsp3) is 0.727. The highest BCUT2D eigenvalue weighted by molar-refractivity contribution is 6.74. The Morgan fingerprint density at radius 1 is 1.34 bits per heavy atom. The van der Waals surface area contributed by atoms with E-state index in [-0.39, 0.29) is 22.7 Å². The van der Waals surface area contributed by atoms with Crippen LogP contribution in [0, 0.1) is 16.0 Å². The van der Waals surface area contributed by atoms with Crippen molar-refractivity contribution in [1.82, 2.24) is 10.3 Å². The van der Waals surface area contributed by atoms with Crippen LogP contribution in [0.1, 0.15) is 54.4 Å². The molecule has 1 saturated heterocycles. The van der Waals surface area contributed by atoms with E-state index >= 15 is 0 Å². The summed E-state index contributed by atoms with van der Waals surface area (Å²) in [6.07, 6.45) is 3.82. The Balaban J connectivity index is 2.23. The summed E-state index contributed by atoms with van der Waals surface area (Å²) in [6.45, 7) is 14.7. The van der Waals surface area contributed by atoms with Gasteiger partial charge in [-0.1, -0.05) is 20.8 Å². The van der Waals surface area contributed by atoms with Crippen LogP contribution in [0.2, 0.25) is 17.6 Å². The van der Waals surface area contributed by atoms with E-state index in [1.807, 2.05) is 32.2 Å². The van der Waals surface area contributed by atoms with Gasteiger partial charge in [-0.15, -0.1) is 0 Å². The first-order valence-corrected chi connectivity index (χ1v) is 13.8. The zero-order valence-electron chi connectivity index (χ0n) is 20.3. The Bertz CT molecular complexity index is 819. The van der Waals surface area contributed by atoms with E-state index in [1.165, 1.54) is 6.20 Å². The third-order valence-electron chi connectivity index (χ3n) is 6.23. The molecule has 1 amide bonds. The highest BCUT2D eigenvalue weighted by atomic mass is 28.4. The first-order valence-electron chi connectivity index (χ1n) is 11.1. The van der Waals surface area contributed by atoms with Crippen molar-refractivity contribution in [1.29, 1.82) is 0 Å². The maximum Gasteiger partial charge on any atom is 0.407 e. The van der Waals surface area contributed by atoms with Crippen molar-refractivity contribution in [3.05, 3.63) is 28.6 Å². The largest absolute Gasteiger partial charge is 0.444 e. The molecular weight excluding hydrogens is 428 g/mol. The molecule has 2 unspecified atom stereocenters. The van der Waals surface area contributed by atoms with E-state index < -0.39 is 24.9 Å². The van der Waals surface area contributed by atoms with Crippen LogP contribution in [-0.2, 0) is 4.74 Å². The van der Waals surface area contributed by atoms with Crippen molar-refractivity contribution >= 4 is 25.8 Å². The molecule has 2 rings (SSSR count). The molecule has 1 aromatic rings. The minimum Gasteiger partial charge on any atom is -0.444 e. The van der Waals surface area contributed by atoms with E-state index in [0.717, 1.165) is 18.9 Å². The van der Waals surface area contributed by atoms with Crippen LogP contribution >= 0.6 is 0 Å². The molecule has 3 atom stereocenters. The standard InChI is InChI=1S/C22H38N4O5Si/c1-21(2,3)31-20(27)24-17-12-16(9-11-32(7,30)22(4,5)6)14-25(15-17)18-8-10-23-13-19(18)26(28)29/h8,10,13,16-17,30H,9,11-12,14-15H2,1-7H3,(H,24,27)/t16-,17?,32?/m1/s1. The Labute approximate surface area is 191 Å². The van der Waals surface area contributed by atoms with E-state index in [9.17, 15) is 19.7 Å². The molecule has 180 valence electrons. The van der Waals surface area contributed by atoms with Gasteiger partial charge in [-0.25, -0.2) is 4.79 Å². The van der Waals surface area contributed by atoms with Crippen molar-refractivity contribution < 1.29 is 19.3 Å². The minimum atomic E-state index is -2.45. The molecule has 2 heterocycles. The lowest BCUT2D eigenvalue weighted by Crippen LogP contribution is -2.52. The topological polar surface area (TPSA) is 118 Å². The van der Waals surface area contributed by atoms with Gasteiger partial charge >= 0.3 is 11.8 Å². The van der Waals surface area contributed by atoms with Gasteiger partial charge in [0.25, 0.3) is 0 Å². The van der Waals surface area contributed by atoms with Crippen LogP contribution in [0.5, 0.6) is 0 Å². The average Bonchev–Trinajstić information content (AvgIpc) is 2.63. The fourth-order valence-electron chi connectivity index (χ4n) is 3.84. The maximum atomic E-state index is 12.4. The second kappa shape index (κ2) is 9.74. The molecule has 1 aliphatic rings. The number of hydrogen-bond acceptors (Lipinski definition) is 7. The zero-order chi connectivity index (χ0) is 24.3. The van der Waals surface area contributed by atoms with Gasteiger partial charge in [0, 0.05) is 19.3 Å². The van der Waals surface area contributed by atoms with Crippen molar-refractivity contribution in [2.75, 3.05) is 18.0 Å². The third-order valence-corrected chi connectivity index (χ3v) is 10.7. The molecule has 0 aromatic carbocycles. The van der Waals surface area contributed by atoms with Crippen LogP contribution in [0.15, 0.2) is 18.5 Å². The lowest BCUT2D eigenvalue weighted by molar-refractivity contribution is -0.384. The van der Waals surface area contributed by atoms with Crippen LogP contribution in [-0.4, -0.2) is 53.8 Å². The Morgan fingerprint density at radius 3 is 2.56 bits per heavy atom. The average molecular weight is 467 g/mol. The van der Waals surface area contributed by atoms with E-state index in [1.54, 1.807) is 12.3 Å². The summed E-state index contributed by atoms with van der Waals surface area (Å²) in [4.78, 5) is 40.4. The first kappa shape index (κ1) is 26.1. The number of carbonyl (C=O) groups is 1. The molecule has 1 aromatic heterocycles.